The monoisotopic (exact) mass is 640 g/mol. The maximum Gasteiger partial charge on any atom is 0.0776 e. The van der Waals surface area contributed by atoms with E-state index in [0.29, 0.717) is 10.3 Å². The highest BCUT2D eigenvalue weighted by molar-refractivity contribution is 7.60. The van der Waals surface area contributed by atoms with E-state index in [1.54, 1.807) is 93.4 Å². The third-order valence-electron chi connectivity index (χ3n) is 14.0. The van der Waals surface area contributed by atoms with Gasteiger partial charge in [-0.2, -0.15) is 0 Å². The number of rotatable bonds is 8. The van der Waals surface area contributed by atoms with E-state index in [0.717, 1.165) is 35.5 Å². The van der Waals surface area contributed by atoms with Crippen LogP contribution < -0.4 is 5.19 Å². The third-order valence-corrected chi connectivity index (χ3v) is 21.1. The molecule has 0 aliphatic heterocycles. The van der Waals surface area contributed by atoms with Gasteiger partial charge in [0.15, 0.2) is 0 Å². The summed E-state index contributed by atoms with van der Waals surface area (Å²) in [7, 11) is 1.79. The molecule has 11 rings (SSSR count). The molecule has 44 heavy (non-hydrogen) atoms. The number of aromatic amines is 2. The van der Waals surface area contributed by atoms with E-state index in [4.69, 9.17) is 0 Å². The van der Waals surface area contributed by atoms with Gasteiger partial charge in [-0.1, -0.05) is 50.9 Å². The van der Waals surface area contributed by atoms with Crippen molar-refractivity contribution >= 4 is 30.4 Å². The zero-order valence-corrected chi connectivity index (χ0v) is 30.4. The first-order chi connectivity index (χ1) is 21.1. The summed E-state index contributed by atoms with van der Waals surface area (Å²) in [5.74, 6) is 6.22. The minimum atomic E-state index is -1.51. The summed E-state index contributed by atoms with van der Waals surface area (Å²) in [4.78, 5) is 6.88. The van der Waals surface area contributed by atoms with Gasteiger partial charge in [-0.15, -0.1) is 9.24 Å². The average Bonchev–Trinajstić information content (AvgIpc) is 3.69. The average molecular weight is 641 g/mol. The summed E-state index contributed by atoms with van der Waals surface area (Å²) in [5, 5.41) is 2.64. The highest BCUT2D eigenvalue weighted by Crippen LogP contribution is 2.79. The fourth-order valence-corrected chi connectivity index (χ4v) is 19.9. The van der Waals surface area contributed by atoms with Crippen LogP contribution in [0, 0.1) is 35.5 Å². The van der Waals surface area contributed by atoms with Crippen molar-refractivity contribution in [2.75, 3.05) is 0 Å². The first-order valence-electron chi connectivity index (χ1n) is 18.1. The Hall–Kier alpha value is -1.14. The van der Waals surface area contributed by atoms with Gasteiger partial charge in [0, 0.05) is 24.8 Å². The highest BCUT2D eigenvalue weighted by Gasteiger charge is 2.62. The van der Waals surface area contributed by atoms with Crippen molar-refractivity contribution < 1.29 is 0 Å². The third kappa shape index (κ3) is 4.52. The molecule has 8 saturated carbocycles. The zero-order chi connectivity index (χ0) is 29.9. The maximum atomic E-state index is 3.44. The second-order valence-electron chi connectivity index (χ2n) is 18.0. The van der Waals surface area contributed by atoms with Crippen LogP contribution in [-0.4, -0.2) is 28.4 Å². The molecule has 2 heterocycles. The molecule has 8 bridgehead atoms. The number of H-pyrrole nitrogens is 2. The van der Waals surface area contributed by atoms with Crippen LogP contribution >= 0.6 is 17.2 Å². The molecule has 0 radical (unpaired) electrons. The van der Waals surface area contributed by atoms with Crippen LogP contribution in [0.3, 0.4) is 0 Å². The van der Waals surface area contributed by atoms with Crippen LogP contribution in [-0.2, 0) is 11.3 Å². The molecule has 1 unspecified atom stereocenters. The van der Waals surface area contributed by atoms with Crippen LogP contribution in [0.15, 0.2) is 55.1 Å². The molecule has 2 N–H and O–H groups in total. The van der Waals surface area contributed by atoms with E-state index in [2.05, 4.69) is 94.0 Å². The quantitative estimate of drug-likeness (QED) is 0.181. The SMILES string of the molecule is C[Si](C)(C)c1ccc(CP(C23CC4CC(CC(C4)C2)C3)C23CC4CC(CC(C4)C2)C3)c(C(P)(c2cc[nH]c2)c2cc[nH]c2)c1. The van der Waals surface area contributed by atoms with Crippen LogP contribution in [0.4, 0.5) is 0 Å². The van der Waals surface area contributed by atoms with Gasteiger partial charge < -0.3 is 9.97 Å². The number of nitrogens with one attached hydrogen (secondary N) is 2. The molecule has 0 spiro atoms. The molecule has 1 atom stereocenters. The van der Waals surface area contributed by atoms with E-state index < -0.39 is 8.07 Å². The lowest BCUT2D eigenvalue weighted by Gasteiger charge is -2.67. The molecule has 5 heteroatoms. The van der Waals surface area contributed by atoms with Gasteiger partial charge in [0.1, 0.15) is 0 Å². The molecule has 2 aromatic heterocycles. The lowest BCUT2D eigenvalue weighted by atomic mass is 9.55. The summed E-state index contributed by atoms with van der Waals surface area (Å²) in [6, 6.07) is 12.6. The topological polar surface area (TPSA) is 31.6 Å². The Kier molecular flexibility index (Phi) is 6.71. The Morgan fingerprint density at radius 3 is 1.50 bits per heavy atom. The smallest absolute Gasteiger partial charge is 0.0776 e. The Bertz CT molecular complexity index is 1370. The number of hydrogen-bond acceptors (Lipinski definition) is 0. The van der Waals surface area contributed by atoms with Crippen molar-refractivity contribution in [2.45, 2.75) is 118 Å². The standard InChI is InChI=1S/C39H54N2P2Si/c1-44(2,3)35-5-4-32(36(16-35)39(42,33-6-8-40-23-33)34-7-9-41-24-34)25-43(37-17-26-10-27(18-37)12-28(11-26)19-37)38-20-29-13-30(21-38)15-31(14-29)22-38/h4-9,16,23-24,26-31,40-41H,10-15,17-22,25,42H2,1-3H3. The lowest BCUT2D eigenvalue weighted by molar-refractivity contribution is 0.0184. The van der Waals surface area contributed by atoms with Crippen molar-refractivity contribution in [2.24, 2.45) is 35.5 Å². The second-order valence-corrected chi connectivity index (χ2v) is 27.0. The van der Waals surface area contributed by atoms with E-state index >= 15 is 0 Å². The number of aromatic nitrogens is 2. The van der Waals surface area contributed by atoms with Crippen molar-refractivity contribution in [3.8, 4) is 0 Å². The Morgan fingerprint density at radius 2 is 1.14 bits per heavy atom. The lowest BCUT2D eigenvalue weighted by Crippen LogP contribution is -2.56. The highest BCUT2D eigenvalue weighted by atomic mass is 31.1. The van der Waals surface area contributed by atoms with Gasteiger partial charge >= 0.3 is 0 Å². The molecule has 2 nitrogen and oxygen atoms in total. The number of hydrogen-bond donors (Lipinski definition) is 2. The molecule has 1 aromatic carbocycles. The van der Waals surface area contributed by atoms with Gasteiger partial charge in [0.2, 0.25) is 0 Å². The van der Waals surface area contributed by atoms with Crippen LogP contribution in [0.25, 0.3) is 0 Å². The predicted molar refractivity (Wildman–Crippen MR) is 193 cm³/mol. The van der Waals surface area contributed by atoms with E-state index in [1.807, 2.05) is 0 Å². The Morgan fingerprint density at radius 1 is 0.705 bits per heavy atom. The Labute approximate surface area is 270 Å². The molecular formula is C39H54N2P2Si. The predicted octanol–water partition coefficient (Wildman–Crippen LogP) is 9.97. The van der Waals surface area contributed by atoms with Gasteiger partial charge in [-0.05, 0) is 163 Å². The first-order valence-corrected chi connectivity index (χ1v) is 23.7. The molecular weight excluding hydrogens is 586 g/mol. The molecule has 8 aliphatic rings. The zero-order valence-electron chi connectivity index (χ0n) is 27.4. The normalized spacial score (nSPS) is 38.0. The largest absolute Gasteiger partial charge is 0.367 e. The molecule has 8 fully saturated rings. The van der Waals surface area contributed by atoms with E-state index in [1.165, 1.54) is 17.3 Å². The van der Waals surface area contributed by atoms with Crippen LogP contribution in [0.1, 0.15) is 99.3 Å². The van der Waals surface area contributed by atoms with Crippen LogP contribution in [0.5, 0.6) is 0 Å². The van der Waals surface area contributed by atoms with Crippen LogP contribution in [0.2, 0.25) is 19.6 Å². The number of benzene rings is 1. The maximum absolute atomic E-state index is 3.44. The summed E-state index contributed by atoms with van der Waals surface area (Å²) >= 11 is 0. The van der Waals surface area contributed by atoms with Crippen molar-refractivity contribution in [1.82, 2.24) is 9.97 Å². The fraction of sp³-hybridized carbons (Fsp3) is 0.641. The fourth-order valence-electron chi connectivity index (χ4n) is 13.0. The minimum Gasteiger partial charge on any atom is -0.367 e. The van der Waals surface area contributed by atoms with Crippen molar-refractivity contribution in [3.63, 3.8) is 0 Å². The van der Waals surface area contributed by atoms with Crippen molar-refractivity contribution in [3.05, 3.63) is 77.4 Å². The summed E-state index contributed by atoms with van der Waals surface area (Å²) in [6.45, 7) is 7.59. The second kappa shape index (κ2) is 10.2. The van der Waals surface area contributed by atoms with Gasteiger partial charge in [0.25, 0.3) is 0 Å². The van der Waals surface area contributed by atoms with Gasteiger partial charge in [-0.25, -0.2) is 0 Å². The summed E-state index contributed by atoms with van der Waals surface area (Å²) < 4.78 is 0. The first kappa shape index (κ1) is 29.0. The molecule has 0 saturated heterocycles. The van der Waals surface area contributed by atoms with E-state index in [9.17, 15) is 0 Å². The van der Waals surface area contributed by atoms with Gasteiger partial charge in [0.05, 0.1) is 13.2 Å². The Balaban J connectivity index is 1.22. The molecule has 0 amide bonds. The molecule has 3 aromatic rings. The summed E-state index contributed by atoms with van der Waals surface area (Å²) in [5.41, 5.74) is 5.99. The minimum absolute atomic E-state index is 0.115. The van der Waals surface area contributed by atoms with Crippen molar-refractivity contribution in [1.29, 1.82) is 0 Å². The van der Waals surface area contributed by atoms with Gasteiger partial charge in [-0.3, -0.25) is 0 Å². The van der Waals surface area contributed by atoms with E-state index in [-0.39, 0.29) is 13.1 Å². The molecule has 8 aliphatic carbocycles. The summed E-state index contributed by atoms with van der Waals surface area (Å²) in [6.07, 6.45) is 29.0. The molecule has 234 valence electrons.